The molecule has 0 bridgehead atoms. The van der Waals surface area contributed by atoms with E-state index in [2.05, 4.69) is 4.98 Å². The van der Waals surface area contributed by atoms with Crippen molar-refractivity contribution in [2.75, 3.05) is 5.73 Å². The Morgan fingerprint density at radius 1 is 1.58 bits per heavy atom. The number of hydrogen-bond donors (Lipinski definition) is 1. The maximum Gasteiger partial charge on any atom is 0.181 e. The van der Waals surface area contributed by atoms with E-state index in [9.17, 15) is 4.39 Å². The van der Waals surface area contributed by atoms with E-state index in [0.29, 0.717) is 5.13 Å². The summed E-state index contributed by atoms with van der Waals surface area (Å²) in [6.45, 7) is 0. The molecule has 1 unspecified atom stereocenters. The van der Waals surface area contributed by atoms with E-state index in [1.807, 2.05) is 0 Å². The molecule has 1 aliphatic carbocycles. The molecule has 0 amide bonds. The molecule has 1 atom stereocenters. The van der Waals surface area contributed by atoms with Crippen LogP contribution < -0.4 is 15.6 Å². The number of nitrogens with zero attached hydrogens (tertiary/aromatic N) is 1. The van der Waals surface area contributed by atoms with Crippen molar-refractivity contribution in [3.05, 3.63) is 22.0 Å². The summed E-state index contributed by atoms with van der Waals surface area (Å²) in [5.74, 6) is 0. The Morgan fingerprint density at radius 3 is 3.25 bits per heavy atom. The van der Waals surface area contributed by atoms with Gasteiger partial charge in [-0.3, -0.25) is 0 Å². The highest BCUT2D eigenvalue weighted by molar-refractivity contribution is 7.13. The second-order valence-corrected chi connectivity index (χ2v) is 3.53. The molecule has 1 aromatic rings. The molecule has 0 radical (unpaired) electrons. The lowest BCUT2D eigenvalue weighted by Crippen LogP contribution is -2.20. The molecule has 0 aromatic carbocycles. The molecule has 62 valence electrons. The van der Waals surface area contributed by atoms with Crippen LogP contribution in [0.2, 0.25) is 0 Å². The third-order valence-corrected chi connectivity index (χ3v) is 2.42. The predicted octanol–water partition coefficient (Wildman–Crippen LogP) is 0.194. The van der Waals surface area contributed by atoms with Crippen LogP contribution in [0.3, 0.4) is 0 Å². The van der Waals surface area contributed by atoms with Gasteiger partial charge in [0.25, 0.3) is 0 Å². The van der Waals surface area contributed by atoms with E-state index in [1.165, 1.54) is 23.5 Å². The minimum absolute atomic E-state index is 0.481. The average molecular weight is 182 g/mol. The predicted molar refractivity (Wildman–Crippen MR) is 48.7 cm³/mol. The lowest BCUT2D eigenvalue weighted by Gasteiger charge is -1.87. The first-order valence-electron chi connectivity index (χ1n) is 3.52. The lowest BCUT2D eigenvalue weighted by molar-refractivity contribution is 0.489. The maximum absolute atomic E-state index is 12.9. The number of hydrogen-bond acceptors (Lipinski definition) is 3. The van der Waals surface area contributed by atoms with Crippen molar-refractivity contribution in [3.8, 4) is 0 Å². The van der Waals surface area contributed by atoms with Gasteiger partial charge in [0.15, 0.2) is 5.13 Å². The van der Waals surface area contributed by atoms with Gasteiger partial charge in [0.05, 0.1) is 9.88 Å². The van der Waals surface area contributed by atoms with Crippen molar-refractivity contribution in [1.82, 2.24) is 4.98 Å². The minimum Gasteiger partial charge on any atom is -0.375 e. The zero-order valence-corrected chi connectivity index (χ0v) is 7.01. The van der Waals surface area contributed by atoms with Crippen LogP contribution in [0.15, 0.2) is 12.2 Å². The van der Waals surface area contributed by atoms with Crippen LogP contribution in [0.1, 0.15) is 0 Å². The summed E-state index contributed by atoms with van der Waals surface area (Å²) >= 11 is 1.31. The Hall–Kier alpha value is -1.16. The van der Waals surface area contributed by atoms with Crippen molar-refractivity contribution in [3.63, 3.8) is 0 Å². The van der Waals surface area contributed by atoms with Gasteiger partial charge in [-0.05, 0) is 18.2 Å². The summed E-state index contributed by atoms with van der Waals surface area (Å²) in [6.07, 6.45) is 5.39. The van der Waals surface area contributed by atoms with Crippen LogP contribution in [-0.4, -0.2) is 11.2 Å². The Balaban J connectivity index is 2.74. The first kappa shape index (κ1) is 7.49. The fraction of sp³-hybridized carbons (Fsp3) is 0.125. The molecule has 12 heavy (non-hydrogen) atoms. The number of alkyl halides is 1. The number of thiazole rings is 1. The molecule has 0 spiro atoms. The quantitative estimate of drug-likeness (QED) is 0.622. The van der Waals surface area contributed by atoms with Gasteiger partial charge in [0, 0.05) is 0 Å². The number of nitrogens with two attached hydrogens (primary N) is 1. The van der Waals surface area contributed by atoms with E-state index in [4.69, 9.17) is 5.73 Å². The van der Waals surface area contributed by atoms with Gasteiger partial charge in [0.1, 0.15) is 6.17 Å². The van der Waals surface area contributed by atoms with E-state index in [0.717, 1.165) is 9.88 Å². The number of anilines is 1. The Kier molecular flexibility index (Phi) is 1.69. The average Bonchev–Trinajstić information content (AvgIpc) is 2.23. The molecule has 0 fully saturated rings. The molecule has 4 heteroatoms. The molecule has 2 N–H and O–H groups in total. The van der Waals surface area contributed by atoms with E-state index < -0.39 is 6.17 Å². The smallest absolute Gasteiger partial charge is 0.181 e. The van der Waals surface area contributed by atoms with E-state index in [1.54, 1.807) is 12.2 Å². The van der Waals surface area contributed by atoms with Gasteiger partial charge in [-0.2, -0.15) is 0 Å². The van der Waals surface area contributed by atoms with Crippen molar-refractivity contribution in [1.29, 1.82) is 0 Å². The summed E-state index contributed by atoms with van der Waals surface area (Å²) in [5.41, 5.74) is 5.48. The Morgan fingerprint density at radius 2 is 2.42 bits per heavy atom. The minimum atomic E-state index is -1.03. The van der Waals surface area contributed by atoms with Crippen molar-refractivity contribution in [2.45, 2.75) is 6.17 Å². The van der Waals surface area contributed by atoms with Crippen LogP contribution in [0, 0.1) is 0 Å². The molecule has 1 aliphatic rings. The van der Waals surface area contributed by atoms with Crippen molar-refractivity contribution < 1.29 is 4.39 Å². The van der Waals surface area contributed by atoms with Crippen molar-refractivity contribution >= 4 is 28.6 Å². The second-order valence-electron chi connectivity index (χ2n) is 2.46. The molecular formula is C8H7FN2S. The third kappa shape index (κ3) is 1.25. The number of fused-ring (bicyclic) bond motifs is 1. The number of nitrogen functional groups attached to an aromatic ring is 1. The zero-order valence-electron chi connectivity index (χ0n) is 6.20. The highest BCUT2D eigenvalue weighted by Crippen LogP contribution is 2.01. The van der Waals surface area contributed by atoms with Crippen LogP contribution in [-0.2, 0) is 0 Å². The van der Waals surface area contributed by atoms with Crippen molar-refractivity contribution in [2.24, 2.45) is 0 Å². The highest BCUT2D eigenvalue weighted by atomic mass is 32.1. The van der Waals surface area contributed by atoms with Crippen LogP contribution in [0.4, 0.5) is 9.52 Å². The van der Waals surface area contributed by atoms with Gasteiger partial charge >= 0.3 is 0 Å². The summed E-state index contributed by atoms with van der Waals surface area (Å²) in [7, 11) is 0. The summed E-state index contributed by atoms with van der Waals surface area (Å²) in [6, 6.07) is 0. The topological polar surface area (TPSA) is 38.9 Å². The Labute approximate surface area is 72.5 Å². The molecule has 0 saturated heterocycles. The van der Waals surface area contributed by atoms with E-state index in [-0.39, 0.29) is 0 Å². The molecule has 0 saturated carbocycles. The normalized spacial score (nSPS) is 20.6. The summed E-state index contributed by atoms with van der Waals surface area (Å²) in [4.78, 5) is 4.04. The maximum atomic E-state index is 12.9. The number of aromatic nitrogens is 1. The summed E-state index contributed by atoms with van der Waals surface area (Å²) < 4.78 is 13.7. The van der Waals surface area contributed by atoms with Gasteiger partial charge in [-0.1, -0.05) is 17.4 Å². The Bertz CT molecular complexity index is 432. The molecule has 2 rings (SSSR count). The number of rotatable bonds is 0. The summed E-state index contributed by atoms with van der Waals surface area (Å²) in [5, 5.41) is 1.24. The third-order valence-electron chi connectivity index (χ3n) is 1.56. The van der Waals surface area contributed by atoms with E-state index >= 15 is 0 Å². The lowest BCUT2D eigenvalue weighted by atomic mass is 10.3. The standard InChI is InChI=1S/C8H7FN2S/c9-5-2-1-3-6-7(4-5)12-8(10)11-6/h1-5H,(H2,10,11). The second kappa shape index (κ2) is 2.71. The molecular weight excluding hydrogens is 175 g/mol. The monoisotopic (exact) mass is 182 g/mol. The molecule has 0 aliphatic heterocycles. The fourth-order valence-electron chi connectivity index (χ4n) is 1.05. The van der Waals surface area contributed by atoms with Crippen LogP contribution in [0.5, 0.6) is 0 Å². The first-order chi connectivity index (χ1) is 5.75. The van der Waals surface area contributed by atoms with Gasteiger partial charge in [-0.15, -0.1) is 0 Å². The van der Waals surface area contributed by atoms with Gasteiger partial charge in [0.2, 0.25) is 0 Å². The van der Waals surface area contributed by atoms with Gasteiger partial charge < -0.3 is 5.73 Å². The van der Waals surface area contributed by atoms with Crippen LogP contribution in [0.25, 0.3) is 12.2 Å². The van der Waals surface area contributed by atoms with Crippen LogP contribution >= 0.6 is 11.3 Å². The number of halogens is 1. The number of allylic oxidation sites excluding steroid dienone is 2. The zero-order chi connectivity index (χ0) is 8.55. The first-order valence-corrected chi connectivity index (χ1v) is 4.34. The molecule has 1 heterocycles. The highest BCUT2D eigenvalue weighted by Gasteiger charge is 2.01. The van der Waals surface area contributed by atoms with Gasteiger partial charge in [-0.25, -0.2) is 9.37 Å². The molecule has 2 nitrogen and oxygen atoms in total. The SMILES string of the molecule is Nc1nc2c(s1)=CC(F)C=CC=2. The fourth-order valence-corrected chi connectivity index (χ4v) is 1.84. The largest absolute Gasteiger partial charge is 0.375 e. The molecule has 1 aromatic heterocycles.